The Hall–Kier alpha value is -2.44. The number of hydrogen-bond acceptors (Lipinski definition) is 4. The first-order valence-corrected chi connectivity index (χ1v) is 10.3. The molecule has 5 nitrogen and oxygen atoms in total. The highest BCUT2D eigenvalue weighted by molar-refractivity contribution is 8.01. The number of H-pyrrole nitrogens is 1. The van der Waals surface area contributed by atoms with Crippen molar-refractivity contribution in [3.63, 3.8) is 0 Å². The van der Waals surface area contributed by atoms with Crippen molar-refractivity contribution in [1.29, 1.82) is 0 Å². The molecule has 0 saturated carbocycles. The van der Waals surface area contributed by atoms with Crippen LogP contribution in [0.4, 0.5) is 5.82 Å². The monoisotopic (exact) mass is 413 g/mol. The number of aromatic amines is 1. The maximum atomic E-state index is 12.4. The van der Waals surface area contributed by atoms with Crippen molar-refractivity contribution in [2.75, 3.05) is 5.32 Å². The lowest BCUT2D eigenvalue weighted by molar-refractivity contribution is -0.115. The van der Waals surface area contributed by atoms with Gasteiger partial charge < -0.3 is 10.1 Å². The van der Waals surface area contributed by atoms with E-state index in [9.17, 15) is 4.79 Å². The average Bonchev–Trinajstić information content (AvgIpc) is 2.99. The number of hydrogen-bond donors (Lipinski definition) is 2. The number of nitrogens with one attached hydrogen (secondary N) is 2. The molecule has 2 unspecified atom stereocenters. The van der Waals surface area contributed by atoms with Crippen LogP contribution < -0.4 is 10.1 Å². The number of nitrogens with zero attached hydrogens (tertiary/aromatic N) is 1. The molecule has 1 aromatic heterocycles. The van der Waals surface area contributed by atoms with Crippen molar-refractivity contribution in [1.82, 2.24) is 10.2 Å². The molecule has 2 N–H and O–H groups in total. The Morgan fingerprint density at radius 1 is 1.18 bits per heavy atom. The zero-order valence-corrected chi connectivity index (χ0v) is 17.1. The second-order valence-electron chi connectivity index (χ2n) is 6.68. The Bertz CT molecular complexity index is 1020. The van der Waals surface area contributed by atoms with Crippen LogP contribution in [-0.4, -0.2) is 21.4 Å². The lowest BCUT2D eigenvalue weighted by Gasteiger charge is -2.21. The zero-order chi connectivity index (χ0) is 19.7. The Kier molecular flexibility index (Phi) is 5.33. The first-order chi connectivity index (χ1) is 13.5. The number of fused-ring (bicyclic) bond motifs is 1. The third-order valence-corrected chi connectivity index (χ3v) is 6.50. The molecular formula is C21H20ClN3O2S. The molecule has 2 atom stereocenters. The molecule has 0 fully saturated rings. The first kappa shape index (κ1) is 18.9. The maximum Gasteiger partial charge on any atom is 0.238 e. The Labute approximate surface area is 172 Å². The first-order valence-electron chi connectivity index (χ1n) is 9.01. The summed E-state index contributed by atoms with van der Waals surface area (Å²) in [6.45, 7) is 4.25. The van der Waals surface area contributed by atoms with Crippen LogP contribution in [0.25, 0.3) is 0 Å². The highest BCUT2D eigenvalue weighted by atomic mass is 35.5. The summed E-state index contributed by atoms with van der Waals surface area (Å²) in [5.74, 6) is 1.31. The quantitative estimate of drug-likeness (QED) is 0.623. The summed E-state index contributed by atoms with van der Waals surface area (Å²) in [5, 5.41) is 10.6. The Balaban J connectivity index is 1.70. The minimum absolute atomic E-state index is 0.0466. The summed E-state index contributed by atoms with van der Waals surface area (Å²) in [5.41, 5.74) is 3.85. The summed E-state index contributed by atoms with van der Waals surface area (Å²) in [6.07, 6.45) is 0. The predicted octanol–water partition coefficient (Wildman–Crippen LogP) is 5.11. The molecule has 1 aliphatic heterocycles. The Morgan fingerprint density at radius 2 is 1.93 bits per heavy atom. The summed E-state index contributed by atoms with van der Waals surface area (Å²) >= 11 is 7.86. The van der Waals surface area contributed by atoms with E-state index in [1.165, 1.54) is 0 Å². The molecule has 28 heavy (non-hydrogen) atoms. The fraction of sp³-hybridized carbons (Fsp3) is 0.238. The summed E-state index contributed by atoms with van der Waals surface area (Å²) < 4.78 is 6.16. The number of aryl methyl sites for hydroxylation is 1. The van der Waals surface area contributed by atoms with E-state index in [2.05, 4.69) is 15.5 Å². The second-order valence-corrected chi connectivity index (χ2v) is 8.53. The van der Waals surface area contributed by atoms with E-state index in [4.69, 9.17) is 16.3 Å². The molecule has 7 heteroatoms. The number of thioether (sulfide) groups is 1. The number of carbonyl (C=O) groups excluding carboxylic acids is 1. The number of halogens is 1. The standard InChI is InChI=1S/C21H20ClN3O2S/c1-12-18-19(28-13(2)21(26)23-20(18)25-24-12)15-8-4-6-10-17(15)27-11-14-7-3-5-9-16(14)22/h3-10,13,19H,11H2,1-2H3,(H2,23,24,25,26). The number of rotatable bonds is 4. The molecule has 1 aliphatic rings. The zero-order valence-electron chi connectivity index (χ0n) is 15.5. The maximum absolute atomic E-state index is 12.4. The molecule has 2 aromatic carbocycles. The van der Waals surface area contributed by atoms with E-state index in [1.807, 2.05) is 62.4 Å². The third kappa shape index (κ3) is 3.62. The highest BCUT2D eigenvalue weighted by Gasteiger charge is 2.33. The van der Waals surface area contributed by atoms with Crippen LogP contribution in [0.5, 0.6) is 5.75 Å². The van der Waals surface area contributed by atoms with Gasteiger partial charge in [0, 0.05) is 27.4 Å². The summed E-state index contributed by atoms with van der Waals surface area (Å²) in [7, 11) is 0. The number of carbonyl (C=O) groups is 1. The Morgan fingerprint density at radius 3 is 2.75 bits per heavy atom. The van der Waals surface area contributed by atoms with Gasteiger partial charge in [0.05, 0.1) is 10.5 Å². The minimum atomic E-state index is -0.213. The molecule has 4 rings (SSSR count). The van der Waals surface area contributed by atoms with Gasteiger partial charge in [-0.15, -0.1) is 11.8 Å². The lowest BCUT2D eigenvalue weighted by Crippen LogP contribution is -2.21. The van der Waals surface area contributed by atoms with Crippen molar-refractivity contribution in [3.05, 3.63) is 75.9 Å². The van der Waals surface area contributed by atoms with Crippen molar-refractivity contribution >= 4 is 35.1 Å². The molecule has 1 amide bonds. The van der Waals surface area contributed by atoms with E-state index in [0.29, 0.717) is 17.4 Å². The SMILES string of the molecule is Cc1[nH]nc2c1C(c1ccccc1OCc1ccccc1Cl)SC(C)C(=O)N2. The minimum Gasteiger partial charge on any atom is -0.489 e. The smallest absolute Gasteiger partial charge is 0.238 e. The predicted molar refractivity (Wildman–Crippen MR) is 113 cm³/mol. The molecule has 2 heterocycles. The summed E-state index contributed by atoms with van der Waals surface area (Å²) in [6, 6.07) is 15.6. The average molecular weight is 414 g/mol. The van der Waals surface area contributed by atoms with Crippen molar-refractivity contribution < 1.29 is 9.53 Å². The molecule has 144 valence electrons. The summed E-state index contributed by atoms with van der Waals surface area (Å²) in [4.78, 5) is 12.4. The molecular weight excluding hydrogens is 394 g/mol. The van der Waals surface area contributed by atoms with E-state index < -0.39 is 0 Å². The van der Waals surface area contributed by atoms with E-state index in [0.717, 1.165) is 28.1 Å². The lowest BCUT2D eigenvalue weighted by atomic mass is 10.0. The topological polar surface area (TPSA) is 67.0 Å². The van der Waals surface area contributed by atoms with Gasteiger partial charge in [0.1, 0.15) is 12.4 Å². The van der Waals surface area contributed by atoms with Gasteiger partial charge in [0.15, 0.2) is 5.82 Å². The van der Waals surface area contributed by atoms with Crippen LogP contribution in [0, 0.1) is 6.92 Å². The number of para-hydroxylation sites is 1. The number of benzene rings is 2. The molecule has 0 aliphatic carbocycles. The molecule has 0 saturated heterocycles. The van der Waals surface area contributed by atoms with Crippen LogP contribution >= 0.6 is 23.4 Å². The molecule has 0 radical (unpaired) electrons. The van der Waals surface area contributed by atoms with Crippen LogP contribution in [-0.2, 0) is 11.4 Å². The van der Waals surface area contributed by atoms with E-state index >= 15 is 0 Å². The molecule has 0 spiro atoms. The van der Waals surface area contributed by atoms with Gasteiger partial charge in [-0.05, 0) is 26.0 Å². The van der Waals surface area contributed by atoms with E-state index in [1.54, 1.807) is 11.8 Å². The molecule has 0 bridgehead atoms. The van der Waals surface area contributed by atoms with Gasteiger partial charge in [0.2, 0.25) is 5.91 Å². The van der Waals surface area contributed by atoms with Gasteiger partial charge in [-0.1, -0.05) is 48.0 Å². The number of anilines is 1. The number of ether oxygens (including phenoxy) is 1. The normalized spacial score (nSPS) is 18.9. The van der Waals surface area contributed by atoms with Crippen molar-refractivity contribution in [2.45, 2.75) is 31.0 Å². The van der Waals surface area contributed by atoms with Crippen molar-refractivity contribution in [2.24, 2.45) is 0 Å². The van der Waals surface area contributed by atoms with Gasteiger partial charge in [-0.3, -0.25) is 9.89 Å². The van der Waals surface area contributed by atoms with Crippen molar-refractivity contribution in [3.8, 4) is 5.75 Å². The molecule has 3 aromatic rings. The largest absolute Gasteiger partial charge is 0.489 e. The van der Waals surface area contributed by atoms with Crippen LogP contribution in [0.1, 0.15) is 34.6 Å². The van der Waals surface area contributed by atoms with Gasteiger partial charge in [0.25, 0.3) is 0 Å². The van der Waals surface area contributed by atoms with Gasteiger partial charge >= 0.3 is 0 Å². The highest BCUT2D eigenvalue weighted by Crippen LogP contribution is 2.47. The van der Waals surface area contributed by atoms with Crippen LogP contribution in [0.2, 0.25) is 5.02 Å². The van der Waals surface area contributed by atoms with E-state index in [-0.39, 0.29) is 16.4 Å². The third-order valence-electron chi connectivity index (χ3n) is 4.75. The second kappa shape index (κ2) is 7.89. The van der Waals surface area contributed by atoms with Crippen LogP contribution in [0.15, 0.2) is 48.5 Å². The fourth-order valence-corrected chi connectivity index (χ4v) is 4.78. The van der Waals surface area contributed by atoms with Gasteiger partial charge in [-0.25, -0.2) is 0 Å². The van der Waals surface area contributed by atoms with Crippen LogP contribution in [0.3, 0.4) is 0 Å². The number of amides is 1. The fourth-order valence-electron chi connectivity index (χ4n) is 3.23. The van der Waals surface area contributed by atoms with Gasteiger partial charge in [-0.2, -0.15) is 5.10 Å². The number of aromatic nitrogens is 2.